The van der Waals surface area contributed by atoms with E-state index in [-0.39, 0.29) is 11.3 Å². The van der Waals surface area contributed by atoms with Gasteiger partial charge in [-0.1, -0.05) is 6.07 Å². The summed E-state index contributed by atoms with van der Waals surface area (Å²) in [5, 5.41) is 14.2. The Kier molecular flexibility index (Phi) is 3.44. The van der Waals surface area contributed by atoms with E-state index in [1.165, 1.54) is 7.11 Å². The topological polar surface area (TPSA) is 89.8 Å². The van der Waals surface area contributed by atoms with E-state index in [0.29, 0.717) is 22.3 Å². The molecule has 6 nitrogen and oxygen atoms in total. The van der Waals surface area contributed by atoms with Crippen molar-refractivity contribution in [2.45, 2.75) is 13.8 Å². The van der Waals surface area contributed by atoms with Crippen molar-refractivity contribution in [1.82, 2.24) is 9.61 Å². The third kappa shape index (κ3) is 2.19. The Balaban J connectivity index is 2.42. The van der Waals surface area contributed by atoms with Crippen LogP contribution in [0.4, 0.5) is 5.69 Å². The summed E-state index contributed by atoms with van der Waals surface area (Å²) >= 11 is 0. The number of nitrogens with zero attached hydrogens (tertiary/aromatic N) is 2. The highest BCUT2D eigenvalue weighted by Crippen LogP contribution is 2.38. The molecule has 6 heteroatoms. The Morgan fingerprint density at radius 1 is 1.30 bits per heavy atom. The van der Waals surface area contributed by atoms with E-state index in [4.69, 9.17) is 10.5 Å². The van der Waals surface area contributed by atoms with E-state index in [1.807, 2.05) is 19.9 Å². The van der Waals surface area contributed by atoms with Gasteiger partial charge in [-0.2, -0.15) is 5.10 Å². The fourth-order valence-corrected chi connectivity index (χ4v) is 2.85. The number of carbonyl (C=O) groups excluding carboxylic acids is 1. The number of benzene rings is 1. The van der Waals surface area contributed by atoms with Gasteiger partial charge >= 0.3 is 5.97 Å². The molecular formula is C17H17N3O3. The Bertz CT molecular complexity index is 928. The summed E-state index contributed by atoms with van der Waals surface area (Å²) in [6.07, 6.45) is 3.35. The number of pyridine rings is 1. The van der Waals surface area contributed by atoms with E-state index < -0.39 is 5.97 Å². The molecule has 0 unspecified atom stereocenters. The molecule has 3 aromatic rings. The van der Waals surface area contributed by atoms with Crippen molar-refractivity contribution in [3.8, 4) is 16.9 Å². The summed E-state index contributed by atoms with van der Waals surface area (Å²) in [4.78, 5) is 12.2. The molecule has 2 heterocycles. The number of aryl methyl sites for hydroxylation is 1. The number of hydrogen-bond acceptors (Lipinski definition) is 5. The van der Waals surface area contributed by atoms with Crippen molar-refractivity contribution in [2.24, 2.45) is 0 Å². The van der Waals surface area contributed by atoms with Gasteiger partial charge in [-0.15, -0.1) is 0 Å². The van der Waals surface area contributed by atoms with Crippen LogP contribution >= 0.6 is 0 Å². The lowest BCUT2D eigenvalue weighted by Gasteiger charge is -2.16. The quantitative estimate of drug-likeness (QED) is 0.710. The van der Waals surface area contributed by atoms with E-state index >= 15 is 0 Å². The van der Waals surface area contributed by atoms with Gasteiger partial charge in [0, 0.05) is 11.8 Å². The number of fused-ring (bicyclic) bond motifs is 1. The summed E-state index contributed by atoms with van der Waals surface area (Å²) in [7, 11) is 1.31. The minimum Gasteiger partial charge on any atom is -0.508 e. The molecule has 1 aromatic carbocycles. The fourth-order valence-electron chi connectivity index (χ4n) is 2.85. The molecule has 0 spiro atoms. The normalized spacial score (nSPS) is 10.9. The highest BCUT2D eigenvalue weighted by molar-refractivity contribution is 6.06. The number of nitrogens with two attached hydrogens (primary N) is 1. The molecule has 0 saturated heterocycles. The van der Waals surface area contributed by atoms with Crippen LogP contribution in [0.2, 0.25) is 0 Å². The minimum absolute atomic E-state index is 0.171. The third-order valence-electron chi connectivity index (χ3n) is 4.04. The summed E-state index contributed by atoms with van der Waals surface area (Å²) < 4.78 is 6.44. The Morgan fingerprint density at radius 2 is 2.04 bits per heavy atom. The maximum absolute atomic E-state index is 12.2. The second-order valence-electron chi connectivity index (χ2n) is 5.39. The van der Waals surface area contributed by atoms with Crippen LogP contribution < -0.4 is 5.73 Å². The Labute approximate surface area is 133 Å². The molecule has 0 radical (unpaired) electrons. The average molecular weight is 311 g/mol. The summed E-state index contributed by atoms with van der Waals surface area (Å²) in [6.45, 7) is 3.73. The van der Waals surface area contributed by atoms with E-state index in [2.05, 4.69) is 5.10 Å². The third-order valence-corrected chi connectivity index (χ3v) is 4.04. The number of nitrogen functional groups attached to an aromatic ring is 1. The number of phenolic OH excluding ortho intramolecular Hbond substituents is 1. The van der Waals surface area contributed by atoms with E-state index in [9.17, 15) is 9.90 Å². The molecule has 23 heavy (non-hydrogen) atoms. The molecule has 0 aliphatic heterocycles. The highest BCUT2D eigenvalue weighted by Gasteiger charge is 2.22. The number of methoxy groups -OCH3 is 1. The van der Waals surface area contributed by atoms with Gasteiger partial charge in [0.25, 0.3) is 0 Å². The molecule has 0 bridgehead atoms. The number of aromatic hydroxyl groups is 1. The van der Waals surface area contributed by atoms with Crippen LogP contribution in [0, 0.1) is 13.8 Å². The van der Waals surface area contributed by atoms with Crippen molar-refractivity contribution >= 4 is 17.2 Å². The molecular weight excluding hydrogens is 294 g/mol. The number of hydrogen-bond donors (Lipinski definition) is 2. The molecule has 0 aliphatic rings. The Hall–Kier alpha value is -3.02. The summed E-state index contributed by atoms with van der Waals surface area (Å²) in [6, 6.07) is 5.15. The van der Waals surface area contributed by atoms with Crippen molar-refractivity contribution < 1.29 is 14.6 Å². The first kappa shape index (κ1) is 14.9. The summed E-state index contributed by atoms with van der Waals surface area (Å²) in [5.41, 5.74) is 10.5. The van der Waals surface area contributed by atoms with Gasteiger partial charge < -0.3 is 15.6 Å². The van der Waals surface area contributed by atoms with Crippen LogP contribution in [0.15, 0.2) is 30.6 Å². The number of ether oxygens (including phenoxy) is 1. The van der Waals surface area contributed by atoms with Gasteiger partial charge in [0.15, 0.2) is 0 Å². The van der Waals surface area contributed by atoms with Crippen molar-refractivity contribution in [3.63, 3.8) is 0 Å². The molecule has 0 fully saturated rings. The van der Waals surface area contributed by atoms with Crippen LogP contribution in [-0.2, 0) is 4.74 Å². The molecule has 118 valence electrons. The van der Waals surface area contributed by atoms with Crippen molar-refractivity contribution in [2.75, 3.05) is 12.8 Å². The first-order valence-corrected chi connectivity index (χ1v) is 7.09. The first-order valence-electron chi connectivity index (χ1n) is 7.09. The second-order valence-corrected chi connectivity index (χ2v) is 5.39. The fraction of sp³-hybridized carbons (Fsp3) is 0.176. The molecule has 0 aliphatic carbocycles. The molecule has 0 amide bonds. The molecule has 3 N–H and O–H groups in total. The van der Waals surface area contributed by atoms with Crippen LogP contribution in [0.3, 0.4) is 0 Å². The maximum atomic E-state index is 12.2. The van der Waals surface area contributed by atoms with Gasteiger partial charge in [-0.3, -0.25) is 0 Å². The summed E-state index contributed by atoms with van der Waals surface area (Å²) in [5.74, 6) is -0.351. The lowest BCUT2D eigenvalue weighted by atomic mass is 9.93. The van der Waals surface area contributed by atoms with Crippen molar-refractivity contribution in [3.05, 3.63) is 47.3 Å². The van der Waals surface area contributed by atoms with E-state index in [1.54, 1.807) is 29.0 Å². The highest BCUT2D eigenvalue weighted by atomic mass is 16.5. The Morgan fingerprint density at radius 3 is 2.74 bits per heavy atom. The number of rotatable bonds is 2. The first-order chi connectivity index (χ1) is 11.0. The molecule has 0 atom stereocenters. The van der Waals surface area contributed by atoms with Crippen LogP contribution in [-0.4, -0.2) is 27.8 Å². The lowest BCUT2D eigenvalue weighted by Crippen LogP contribution is -2.10. The number of esters is 1. The van der Waals surface area contributed by atoms with Crippen LogP contribution in [0.5, 0.6) is 5.75 Å². The van der Waals surface area contributed by atoms with Gasteiger partial charge in [0.1, 0.15) is 11.3 Å². The van der Waals surface area contributed by atoms with Crippen LogP contribution in [0.1, 0.15) is 21.5 Å². The number of carbonyl (C=O) groups is 1. The molecule has 2 aromatic heterocycles. The largest absolute Gasteiger partial charge is 0.508 e. The predicted octanol–water partition coefficient (Wildman–Crippen LogP) is 2.69. The average Bonchev–Trinajstić information content (AvgIpc) is 2.99. The molecule has 3 rings (SSSR count). The molecule has 0 saturated carbocycles. The maximum Gasteiger partial charge on any atom is 0.342 e. The number of anilines is 1. The minimum atomic E-state index is -0.523. The zero-order valence-electron chi connectivity index (χ0n) is 13.1. The van der Waals surface area contributed by atoms with Gasteiger partial charge in [0.05, 0.1) is 24.5 Å². The standard InChI is InChI=1S/C17H17N3O3/c1-9-4-5-13(21)10(2)14(9)11-8-20-12(6-7-19-20)15(16(11)18)17(22)23-3/h4-8,21H,18H2,1-3H3. The monoisotopic (exact) mass is 311 g/mol. The van der Waals surface area contributed by atoms with Crippen LogP contribution in [0.25, 0.3) is 16.6 Å². The van der Waals surface area contributed by atoms with E-state index in [0.717, 1.165) is 11.1 Å². The number of aromatic nitrogens is 2. The van der Waals surface area contributed by atoms with Gasteiger partial charge in [-0.25, -0.2) is 9.31 Å². The number of phenols is 1. The predicted molar refractivity (Wildman–Crippen MR) is 87.5 cm³/mol. The SMILES string of the molecule is COC(=O)c1c(N)c(-c2c(C)ccc(O)c2C)cn2nccc12. The van der Waals surface area contributed by atoms with Gasteiger partial charge in [-0.05, 0) is 42.7 Å². The zero-order chi connectivity index (χ0) is 16.7. The lowest BCUT2D eigenvalue weighted by molar-refractivity contribution is 0.0603. The zero-order valence-corrected chi connectivity index (χ0v) is 13.1. The second kappa shape index (κ2) is 5.31. The van der Waals surface area contributed by atoms with Crippen molar-refractivity contribution in [1.29, 1.82) is 0 Å². The smallest absolute Gasteiger partial charge is 0.342 e. The van der Waals surface area contributed by atoms with Gasteiger partial charge in [0.2, 0.25) is 0 Å².